The van der Waals surface area contributed by atoms with Gasteiger partial charge in [0, 0.05) is 31.6 Å². The van der Waals surface area contributed by atoms with E-state index in [1.54, 1.807) is 12.1 Å². The molecular weight excluding hydrogens is 532 g/mol. The van der Waals surface area contributed by atoms with Crippen molar-refractivity contribution >= 4 is 29.4 Å². The highest BCUT2D eigenvalue weighted by Crippen LogP contribution is 2.23. The molecule has 2 amide bonds. The lowest BCUT2D eigenvalue weighted by atomic mass is 10.1. The van der Waals surface area contributed by atoms with Gasteiger partial charge in [-0.3, -0.25) is 10.1 Å². The Kier molecular flexibility index (Phi) is 10.5. The number of benzene rings is 2. The number of nitrogens with one attached hydrogen (secondary N) is 2. The lowest BCUT2D eigenvalue weighted by Gasteiger charge is -2.28. The van der Waals surface area contributed by atoms with Gasteiger partial charge in [-0.2, -0.15) is 0 Å². The quantitative estimate of drug-likeness (QED) is 0.300. The van der Waals surface area contributed by atoms with Gasteiger partial charge >= 0.3 is 6.09 Å². The summed E-state index contributed by atoms with van der Waals surface area (Å²) in [5.41, 5.74) is 0.852. The second-order valence-corrected chi connectivity index (χ2v) is 8.61. The molecule has 38 heavy (non-hydrogen) atoms. The minimum Gasteiger partial charge on any atom is -0.447 e. The summed E-state index contributed by atoms with van der Waals surface area (Å²) < 4.78 is 62.6. The number of hydrogen-bond acceptors (Lipinski definition) is 6. The number of aryl methyl sites for hydroxylation is 1. The van der Waals surface area contributed by atoms with Crippen LogP contribution in [-0.2, 0) is 16.0 Å². The van der Waals surface area contributed by atoms with E-state index in [1.165, 1.54) is 48.3 Å². The Bertz CT molecular complexity index is 1240. The Labute approximate surface area is 220 Å². The number of likely N-dealkylation sites (N-methyl/N-ethyl adjacent to an activating group) is 1. The summed E-state index contributed by atoms with van der Waals surface area (Å²) in [6.45, 7) is -1.04. The van der Waals surface area contributed by atoms with Crippen LogP contribution in [0.15, 0.2) is 53.1 Å². The fourth-order valence-corrected chi connectivity index (χ4v) is 3.67. The molecule has 1 heterocycles. The summed E-state index contributed by atoms with van der Waals surface area (Å²) in [6.07, 6.45) is -3.44. The summed E-state index contributed by atoms with van der Waals surface area (Å²) in [5, 5.41) is 8.48. The first-order valence-corrected chi connectivity index (χ1v) is 11.9. The molecule has 0 radical (unpaired) electrons. The van der Waals surface area contributed by atoms with Gasteiger partial charge in [-0.05, 0) is 30.2 Å². The predicted octanol–water partition coefficient (Wildman–Crippen LogP) is 5.14. The third-order valence-electron chi connectivity index (χ3n) is 5.52. The van der Waals surface area contributed by atoms with E-state index in [1.807, 2.05) is 0 Å². The minimum atomic E-state index is -2.62. The van der Waals surface area contributed by atoms with Crippen LogP contribution in [0.2, 0.25) is 5.02 Å². The molecule has 2 aromatic carbocycles. The largest absolute Gasteiger partial charge is 0.447 e. The average molecular weight is 557 g/mol. The number of carbonyl (C=O) groups is 2. The van der Waals surface area contributed by atoms with Crippen molar-refractivity contribution < 1.29 is 36.4 Å². The van der Waals surface area contributed by atoms with Crippen LogP contribution in [-0.4, -0.2) is 61.3 Å². The van der Waals surface area contributed by atoms with Crippen LogP contribution in [0, 0.1) is 11.6 Å². The molecule has 0 spiro atoms. The molecule has 0 saturated heterocycles. The second kappa shape index (κ2) is 13.8. The van der Waals surface area contributed by atoms with Gasteiger partial charge in [0.15, 0.2) is 11.6 Å². The van der Waals surface area contributed by atoms with Crippen molar-refractivity contribution in [2.75, 3.05) is 32.1 Å². The molecule has 1 aromatic heterocycles. The van der Waals surface area contributed by atoms with Gasteiger partial charge in [0.25, 0.3) is 6.43 Å². The van der Waals surface area contributed by atoms with Gasteiger partial charge in [0.05, 0.1) is 17.6 Å². The Balaban J connectivity index is 1.57. The zero-order valence-corrected chi connectivity index (χ0v) is 21.0. The fourth-order valence-electron chi connectivity index (χ4n) is 3.45. The smallest absolute Gasteiger partial charge is 0.412 e. The Morgan fingerprint density at radius 1 is 1.13 bits per heavy atom. The van der Waals surface area contributed by atoms with Crippen LogP contribution in [0.1, 0.15) is 12.0 Å². The summed E-state index contributed by atoms with van der Waals surface area (Å²) in [5.74, 6) is -1.27. The third kappa shape index (κ3) is 8.45. The molecule has 0 saturated carbocycles. The highest BCUT2D eigenvalue weighted by molar-refractivity contribution is 6.31. The van der Waals surface area contributed by atoms with Crippen LogP contribution < -0.4 is 10.6 Å². The van der Waals surface area contributed by atoms with E-state index in [2.05, 4.69) is 15.8 Å². The van der Waals surface area contributed by atoms with Gasteiger partial charge < -0.3 is 19.5 Å². The predicted molar refractivity (Wildman–Crippen MR) is 132 cm³/mol. The first kappa shape index (κ1) is 28.9. The van der Waals surface area contributed by atoms with E-state index in [0.717, 1.165) is 0 Å². The Morgan fingerprint density at radius 2 is 1.89 bits per heavy atom. The number of nitrogens with zero attached hydrogens (tertiary/aromatic N) is 2. The first-order chi connectivity index (χ1) is 18.1. The molecule has 204 valence electrons. The molecule has 2 N–H and O–H groups in total. The van der Waals surface area contributed by atoms with Gasteiger partial charge in [-0.25, -0.2) is 22.4 Å². The molecule has 0 fully saturated rings. The molecule has 1 atom stereocenters. The van der Waals surface area contributed by atoms with Crippen molar-refractivity contribution in [1.82, 2.24) is 15.4 Å². The molecule has 0 aliphatic rings. The van der Waals surface area contributed by atoms with Gasteiger partial charge in [0.2, 0.25) is 5.91 Å². The molecular formula is C25H25ClF4N4O4. The third-order valence-corrected chi connectivity index (χ3v) is 5.94. The number of amides is 2. The summed E-state index contributed by atoms with van der Waals surface area (Å²) in [4.78, 5) is 26.3. The molecule has 0 unspecified atom stereocenters. The van der Waals surface area contributed by atoms with Crippen molar-refractivity contribution in [2.24, 2.45) is 0 Å². The second-order valence-electron chi connectivity index (χ2n) is 8.23. The zero-order valence-electron chi connectivity index (χ0n) is 20.2. The molecule has 8 nitrogen and oxygen atoms in total. The molecule has 3 rings (SSSR count). The maximum Gasteiger partial charge on any atom is 0.412 e. The maximum absolute atomic E-state index is 13.7. The number of aromatic nitrogens is 1. The summed E-state index contributed by atoms with van der Waals surface area (Å²) >= 11 is 5.94. The highest BCUT2D eigenvalue weighted by atomic mass is 35.5. The topological polar surface area (TPSA) is 96.7 Å². The van der Waals surface area contributed by atoms with Gasteiger partial charge in [-0.15, -0.1) is 0 Å². The Morgan fingerprint density at radius 3 is 2.63 bits per heavy atom. The number of anilines is 1. The number of halogens is 5. The SMILES string of the molecule is CN(C(=O)CCc1cccc(F)c1Cl)[C@@H](CNCC(F)F)COC(=O)Nc1cc(-c2cccc(F)c2)on1. The van der Waals surface area contributed by atoms with E-state index in [-0.39, 0.29) is 42.6 Å². The normalized spacial score (nSPS) is 11.9. The molecule has 0 aliphatic heterocycles. The molecule has 0 aliphatic carbocycles. The first-order valence-electron chi connectivity index (χ1n) is 11.5. The molecule has 13 heteroatoms. The fraction of sp³-hybridized carbons (Fsp3) is 0.320. The lowest BCUT2D eigenvalue weighted by Crippen LogP contribution is -2.47. The van der Waals surface area contributed by atoms with Crippen molar-refractivity contribution in [3.05, 3.63) is 70.8 Å². The lowest BCUT2D eigenvalue weighted by molar-refractivity contribution is -0.132. The monoisotopic (exact) mass is 556 g/mol. The minimum absolute atomic E-state index is 0.00182. The standard InChI is InChI=1S/C25H25ClF4N4O4/c1-34(23(35)9-8-15-4-3-7-19(28)24(15)26)18(12-31-13-21(29)30)14-37-25(36)32-22-11-20(38-33-22)16-5-2-6-17(27)10-16/h2-7,10-11,18,21,31H,8-9,12-14H2,1H3,(H,32,33,36)/t18-/m0/s1. The van der Waals surface area contributed by atoms with Crippen molar-refractivity contribution in [3.8, 4) is 11.3 Å². The van der Waals surface area contributed by atoms with Crippen molar-refractivity contribution in [2.45, 2.75) is 25.3 Å². The van der Waals surface area contributed by atoms with E-state index >= 15 is 0 Å². The van der Waals surface area contributed by atoms with E-state index in [9.17, 15) is 27.2 Å². The van der Waals surface area contributed by atoms with E-state index < -0.39 is 42.6 Å². The number of alkyl halides is 2. The maximum atomic E-state index is 13.7. The number of ether oxygens (including phenoxy) is 1. The Hall–Kier alpha value is -3.64. The van der Waals surface area contributed by atoms with Gasteiger partial charge in [0.1, 0.15) is 18.2 Å². The van der Waals surface area contributed by atoms with Crippen LogP contribution in [0.3, 0.4) is 0 Å². The van der Waals surface area contributed by atoms with Crippen molar-refractivity contribution in [3.63, 3.8) is 0 Å². The zero-order chi connectivity index (χ0) is 27.7. The average Bonchev–Trinajstić information content (AvgIpc) is 3.34. The number of rotatable bonds is 12. The van der Waals surface area contributed by atoms with Crippen molar-refractivity contribution in [1.29, 1.82) is 0 Å². The van der Waals surface area contributed by atoms with Crippen LogP contribution in [0.25, 0.3) is 11.3 Å². The molecule has 0 bridgehead atoms. The molecule has 3 aromatic rings. The van der Waals surface area contributed by atoms with E-state index in [0.29, 0.717) is 11.1 Å². The van der Waals surface area contributed by atoms with Crippen LogP contribution in [0.5, 0.6) is 0 Å². The summed E-state index contributed by atoms with van der Waals surface area (Å²) in [6, 6.07) is 10.4. The summed E-state index contributed by atoms with van der Waals surface area (Å²) in [7, 11) is 1.44. The van der Waals surface area contributed by atoms with Crippen LogP contribution >= 0.6 is 11.6 Å². The van der Waals surface area contributed by atoms with Crippen LogP contribution in [0.4, 0.5) is 28.2 Å². The highest BCUT2D eigenvalue weighted by Gasteiger charge is 2.23. The number of carbonyl (C=O) groups excluding carboxylic acids is 2. The van der Waals surface area contributed by atoms with E-state index in [4.69, 9.17) is 20.9 Å². The van der Waals surface area contributed by atoms with Gasteiger partial charge in [-0.1, -0.05) is 41.0 Å². The number of hydrogen-bond donors (Lipinski definition) is 2.